The van der Waals surface area contributed by atoms with Crippen LogP contribution in [0.2, 0.25) is 40.2 Å². The Balaban J connectivity index is 0.00000253. The molecule has 0 N–H and O–H groups in total. The molecule has 0 saturated carbocycles. The predicted octanol–water partition coefficient (Wildman–Crippen LogP) is 7.32. The highest BCUT2D eigenvalue weighted by Crippen LogP contribution is 2.71. The third-order valence-electron chi connectivity index (χ3n) is 16.3. The van der Waals surface area contributed by atoms with E-state index in [1.165, 1.54) is 42.4 Å². The average molecular weight is 1420 g/mol. The third kappa shape index (κ3) is 13.3. The minimum atomic E-state index is -2.60. The van der Waals surface area contributed by atoms with E-state index < -0.39 is 29.0 Å². The van der Waals surface area contributed by atoms with Gasteiger partial charge < -0.3 is 49.6 Å². The normalized spacial score (nSPS) is 15.2. The van der Waals surface area contributed by atoms with Gasteiger partial charge in [-0.1, -0.05) is 238 Å². The second kappa shape index (κ2) is 30.3. The first-order valence-electron chi connectivity index (χ1n) is 26.5. The second-order valence-electron chi connectivity index (χ2n) is 20.5. The van der Waals surface area contributed by atoms with Crippen LogP contribution in [0.5, 0.6) is 0 Å². The largest absolute Gasteiger partial charge is 1.00 e. The van der Waals surface area contributed by atoms with Crippen molar-refractivity contribution in [2.45, 2.75) is 24.6 Å². The van der Waals surface area contributed by atoms with Gasteiger partial charge in [0.2, 0.25) is 0 Å². The molecule has 432 valence electrons. The maximum absolute atomic E-state index is 7.97. The number of benzene rings is 10. The van der Waals surface area contributed by atoms with Gasteiger partial charge in [-0.3, -0.25) is 0 Å². The van der Waals surface area contributed by atoms with E-state index in [1.807, 2.05) is 0 Å². The summed E-state index contributed by atoms with van der Waals surface area (Å²) in [6, 6.07) is 87.0. The zero-order valence-electron chi connectivity index (χ0n) is 45.1. The molecule has 4 bridgehead atoms. The third-order valence-corrected chi connectivity index (χ3v) is 38.4. The van der Waals surface area contributed by atoms with E-state index >= 15 is 0 Å². The SMILES string of the molecule is Clc1c(Cl)c2c(Cl)c(Cl)c1C[P+](c1ccccc1)(c1ccccc1)CC[P+](c1ccccc1)(c1ccccc1)Cc1c(Cl)c(Cl)c(c(Cl)c1Cl)C[P+](c1ccccc1)(c1ccccc1)CC[P+](c1ccccc1)(c1ccccc1)C2.[Cl-].[Cl-].[Cl-].[Cl-]. The zero-order chi connectivity index (χ0) is 55.5. The summed E-state index contributed by atoms with van der Waals surface area (Å²) in [5.74, 6) is 0. The van der Waals surface area contributed by atoms with Gasteiger partial charge >= 0.3 is 0 Å². The van der Waals surface area contributed by atoms with E-state index in [2.05, 4.69) is 243 Å². The molecule has 0 atom stereocenters. The van der Waals surface area contributed by atoms with Gasteiger partial charge in [0.25, 0.3) is 0 Å². The summed E-state index contributed by atoms with van der Waals surface area (Å²) in [6.07, 6.45) is 4.96. The van der Waals surface area contributed by atoms with E-state index in [9.17, 15) is 0 Å². The quantitative estimate of drug-likeness (QED) is 0.111. The van der Waals surface area contributed by atoms with E-state index in [-0.39, 0.29) is 49.6 Å². The van der Waals surface area contributed by atoms with Crippen LogP contribution in [0.25, 0.3) is 0 Å². The fourth-order valence-electron chi connectivity index (χ4n) is 12.1. The van der Waals surface area contributed by atoms with Crippen LogP contribution in [0.4, 0.5) is 0 Å². The summed E-state index contributed by atoms with van der Waals surface area (Å²) in [7, 11) is -10.4. The Kier molecular flexibility index (Phi) is 24.8. The highest BCUT2D eigenvalue weighted by Gasteiger charge is 2.55. The smallest absolute Gasteiger partial charge is 0.103 e. The van der Waals surface area contributed by atoms with E-state index in [4.69, 9.17) is 92.8 Å². The summed E-state index contributed by atoms with van der Waals surface area (Å²) in [5, 5.41) is 13.2. The van der Waals surface area contributed by atoms with Crippen molar-refractivity contribution in [2.24, 2.45) is 0 Å². The lowest BCUT2D eigenvalue weighted by Crippen LogP contribution is -3.00. The first-order valence-corrected chi connectivity index (χ1v) is 38.2. The minimum absolute atomic E-state index is 0. The maximum atomic E-state index is 7.97. The molecule has 16 heteroatoms. The molecule has 0 fully saturated rings. The Morgan fingerprint density at radius 2 is 0.286 bits per heavy atom. The first-order chi connectivity index (χ1) is 38.9. The second-order valence-corrected chi connectivity index (χ2v) is 38.5. The lowest BCUT2D eigenvalue weighted by molar-refractivity contribution is -0.00100. The van der Waals surface area contributed by atoms with Crippen LogP contribution >= 0.6 is 122 Å². The molecule has 0 saturated heterocycles. The van der Waals surface area contributed by atoms with E-state index in [0.29, 0.717) is 64.8 Å². The van der Waals surface area contributed by atoms with Gasteiger partial charge in [-0.2, -0.15) is 0 Å². The highest BCUT2D eigenvalue weighted by molar-refractivity contribution is 7.93. The molecule has 4 heterocycles. The number of hydrogen-bond acceptors (Lipinski definition) is 0. The Hall–Kier alpha value is -2.60. The van der Waals surface area contributed by atoms with Crippen molar-refractivity contribution in [3.05, 3.63) is 305 Å². The first kappa shape index (κ1) is 68.9. The van der Waals surface area contributed by atoms with Gasteiger partial charge in [0, 0.05) is 22.3 Å². The van der Waals surface area contributed by atoms with Crippen molar-refractivity contribution >= 4 is 164 Å². The molecule has 0 amide bonds. The number of hydrogen-bond donors (Lipinski definition) is 0. The van der Waals surface area contributed by atoms with Crippen molar-refractivity contribution in [2.75, 3.05) is 24.6 Å². The van der Waals surface area contributed by atoms with Crippen LogP contribution < -0.4 is 92.1 Å². The van der Waals surface area contributed by atoms with Crippen LogP contribution in [0.15, 0.2) is 243 Å². The Bertz CT molecular complexity index is 3050. The topological polar surface area (TPSA) is 0 Å². The molecule has 14 rings (SSSR count). The minimum Gasteiger partial charge on any atom is -1.00 e. The monoisotopic (exact) mass is 1420 g/mol. The number of halogens is 12. The molecule has 0 radical (unpaired) electrons. The summed E-state index contributed by atoms with van der Waals surface area (Å²) < 4.78 is 0. The fraction of sp³-hybridized carbons (Fsp3) is 0.118. The highest BCUT2D eigenvalue weighted by atomic mass is 35.5. The average Bonchev–Trinajstić information content (AvgIpc) is 3.51. The lowest BCUT2D eigenvalue weighted by atomic mass is 10.1. The Labute approximate surface area is 562 Å². The Morgan fingerprint density at radius 3 is 0.393 bits per heavy atom. The fourth-order valence-corrected chi connectivity index (χ4v) is 35.5. The van der Waals surface area contributed by atoms with Crippen molar-refractivity contribution in [3.8, 4) is 0 Å². The van der Waals surface area contributed by atoms with Crippen molar-refractivity contribution < 1.29 is 49.6 Å². The van der Waals surface area contributed by atoms with Gasteiger partial charge in [-0.05, 0) is 97.1 Å². The van der Waals surface area contributed by atoms with Crippen molar-refractivity contribution in [1.29, 1.82) is 0 Å². The van der Waals surface area contributed by atoms with Crippen molar-refractivity contribution in [1.82, 2.24) is 0 Å². The van der Waals surface area contributed by atoms with E-state index in [0.717, 1.165) is 46.9 Å². The Morgan fingerprint density at radius 1 is 0.179 bits per heavy atom. The van der Waals surface area contributed by atoms with Crippen molar-refractivity contribution in [3.63, 3.8) is 0 Å². The lowest BCUT2D eigenvalue weighted by Gasteiger charge is -2.35. The number of rotatable bonds is 8. The zero-order valence-corrected chi connectivity index (χ0v) is 57.7. The van der Waals surface area contributed by atoms with Gasteiger partial charge in [0.15, 0.2) is 0 Å². The standard InChI is InChI=1S/C68H56Cl8P4.4ClH/c69-61-57-45-77(49-25-9-1-10-26-49,50-27-11-2-12-28-50)41-42-78(51-29-13-3-14-30-51,52-31-15-4-16-32-52)46-58-65(73)67(75)60(68(76)66(58)74)48-80(55-37-21-7-22-38-55,56-39-23-8-24-40-56)44-43-79(53-33-17-5-18-34-53,54-35-19-6-20-36-54)47-59(63(61)71)64(72)62(57)70;;;;/h1-40H,41-48H2;4*1H/q+4;;;;/p-4. The van der Waals surface area contributed by atoms with Gasteiger partial charge in [0.1, 0.15) is 24.6 Å². The van der Waals surface area contributed by atoms with Gasteiger partial charge in [-0.25, -0.2) is 0 Å². The molecule has 4 aliphatic rings. The summed E-state index contributed by atoms with van der Waals surface area (Å²) in [6.45, 7) is 0. The molecular weight excluding hydrogens is 1370 g/mol. The molecule has 0 nitrogen and oxygen atoms in total. The van der Waals surface area contributed by atoms with Crippen LogP contribution in [0.1, 0.15) is 22.3 Å². The van der Waals surface area contributed by atoms with Crippen LogP contribution in [-0.2, 0) is 24.6 Å². The molecule has 0 aliphatic carbocycles. The van der Waals surface area contributed by atoms with Gasteiger partial charge in [0.05, 0.1) is 136 Å². The molecule has 10 aromatic carbocycles. The molecule has 0 spiro atoms. The molecular formula is C68H56Cl12P4. The maximum Gasteiger partial charge on any atom is 0.103 e. The van der Waals surface area contributed by atoms with Crippen LogP contribution in [-0.4, -0.2) is 24.6 Å². The molecule has 4 aliphatic heterocycles. The molecule has 10 aromatic rings. The molecule has 0 unspecified atom stereocenters. The summed E-state index contributed by atoms with van der Waals surface area (Å²) >= 11 is 63.7. The molecule has 0 aromatic heterocycles. The summed E-state index contributed by atoms with van der Waals surface area (Å²) in [5.41, 5.74) is 2.97. The predicted molar refractivity (Wildman–Crippen MR) is 364 cm³/mol. The van der Waals surface area contributed by atoms with Crippen LogP contribution in [0, 0.1) is 0 Å². The van der Waals surface area contributed by atoms with Crippen LogP contribution in [0.3, 0.4) is 0 Å². The molecule has 84 heavy (non-hydrogen) atoms. The van der Waals surface area contributed by atoms with Gasteiger partial charge in [-0.15, -0.1) is 0 Å². The summed E-state index contributed by atoms with van der Waals surface area (Å²) in [4.78, 5) is 0. The van der Waals surface area contributed by atoms with E-state index in [1.54, 1.807) is 0 Å².